The molecule has 1 aliphatic heterocycles. The van der Waals surface area contributed by atoms with Crippen LogP contribution in [0.3, 0.4) is 0 Å². The number of nitrogens with zero attached hydrogens (tertiary/aromatic N) is 1. The lowest BCUT2D eigenvalue weighted by atomic mass is 9.89. The third kappa shape index (κ3) is 5.44. The van der Waals surface area contributed by atoms with Gasteiger partial charge in [-0.1, -0.05) is 72.3 Å². The SMILES string of the molecule is Cl.O=C(c1ccc2ccccc2c1)N(C[C@H]1CNC[C@@H]1Cc1ccccc1)c1ccc(Cl)cc1. The zero-order valence-corrected chi connectivity index (χ0v) is 20.4. The number of carbonyl (C=O) groups excluding carboxylic acids is 1. The normalized spacial score (nSPS) is 17.3. The van der Waals surface area contributed by atoms with Crippen molar-refractivity contribution in [1.82, 2.24) is 5.32 Å². The highest BCUT2D eigenvalue weighted by Crippen LogP contribution is 2.28. The average molecular weight is 491 g/mol. The van der Waals surface area contributed by atoms with Crippen molar-refractivity contribution >= 4 is 46.4 Å². The lowest BCUT2D eigenvalue weighted by molar-refractivity contribution is 0.0981. The van der Waals surface area contributed by atoms with E-state index in [1.54, 1.807) is 0 Å². The molecule has 0 radical (unpaired) electrons. The molecule has 174 valence electrons. The molecule has 1 N–H and O–H groups in total. The van der Waals surface area contributed by atoms with E-state index in [0.29, 0.717) is 29.0 Å². The molecule has 2 atom stereocenters. The minimum atomic E-state index is 0. The summed E-state index contributed by atoms with van der Waals surface area (Å²) in [6.45, 7) is 2.54. The van der Waals surface area contributed by atoms with Crippen LogP contribution < -0.4 is 10.2 Å². The highest BCUT2D eigenvalue weighted by atomic mass is 35.5. The van der Waals surface area contributed by atoms with E-state index in [0.717, 1.165) is 36.0 Å². The number of rotatable bonds is 6. The van der Waals surface area contributed by atoms with Gasteiger partial charge >= 0.3 is 0 Å². The van der Waals surface area contributed by atoms with Crippen LogP contribution in [0.15, 0.2) is 97.1 Å². The van der Waals surface area contributed by atoms with Gasteiger partial charge in [0, 0.05) is 22.8 Å². The molecule has 4 aromatic rings. The molecule has 34 heavy (non-hydrogen) atoms. The molecule has 1 heterocycles. The summed E-state index contributed by atoms with van der Waals surface area (Å²) < 4.78 is 0. The van der Waals surface area contributed by atoms with Gasteiger partial charge in [0.05, 0.1) is 0 Å². The Morgan fingerprint density at radius 3 is 2.26 bits per heavy atom. The maximum atomic E-state index is 13.8. The monoisotopic (exact) mass is 490 g/mol. The first-order valence-corrected chi connectivity index (χ1v) is 11.9. The number of nitrogens with one attached hydrogen (secondary N) is 1. The summed E-state index contributed by atoms with van der Waals surface area (Å²) >= 11 is 6.15. The summed E-state index contributed by atoms with van der Waals surface area (Å²) in [5, 5.41) is 6.43. The number of benzene rings is 4. The summed E-state index contributed by atoms with van der Waals surface area (Å²) in [4.78, 5) is 15.7. The maximum absolute atomic E-state index is 13.8. The summed E-state index contributed by atoms with van der Waals surface area (Å²) in [6, 6.07) is 32.3. The highest BCUT2D eigenvalue weighted by Gasteiger charge is 2.31. The van der Waals surface area contributed by atoms with Crippen molar-refractivity contribution in [1.29, 1.82) is 0 Å². The van der Waals surface area contributed by atoms with E-state index < -0.39 is 0 Å². The van der Waals surface area contributed by atoms with E-state index in [4.69, 9.17) is 11.6 Å². The molecule has 0 bridgehead atoms. The Labute approximate surface area is 212 Å². The van der Waals surface area contributed by atoms with Crippen LogP contribution in [-0.4, -0.2) is 25.5 Å². The second-order valence-corrected chi connectivity index (χ2v) is 9.26. The van der Waals surface area contributed by atoms with E-state index in [2.05, 4.69) is 47.8 Å². The van der Waals surface area contributed by atoms with Crippen LogP contribution in [0.1, 0.15) is 15.9 Å². The van der Waals surface area contributed by atoms with Gasteiger partial charge in [-0.25, -0.2) is 0 Å². The van der Waals surface area contributed by atoms with Crippen molar-refractivity contribution in [2.75, 3.05) is 24.5 Å². The number of anilines is 1. The van der Waals surface area contributed by atoms with Gasteiger partial charge in [0.15, 0.2) is 0 Å². The summed E-state index contributed by atoms with van der Waals surface area (Å²) in [5.74, 6) is 0.866. The maximum Gasteiger partial charge on any atom is 0.258 e. The third-order valence-corrected chi connectivity index (χ3v) is 6.87. The first kappa shape index (κ1) is 24.3. The van der Waals surface area contributed by atoms with Crippen molar-refractivity contribution in [3.05, 3.63) is 113 Å². The second-order valence-electron chi connectivity index (χ2n) is 8.82. The lowest BCUT2D eigenvalue weighted by Gasteiger charge is -2.29. The molecule has 1 fully saturated rings. The first-order chi connectivity index (χ1) is 16.2. The fourth-order valence-electron chi connectivity index (χ4n) is 4.80. The van der Waals surface area contributed by atoms with E-state index in [1.165, 1.54) is 5.56 Å². The highest BCUT2D eigenvalue weighted by molar-refractivity contribution is 6.30. The number of fused-ring (bicyclic) bond motifs is 1. The van der Waals surface area contributed by atoms with Crippen molar-refractivity contribution < 1.29 is 4.79 Å². The first-order valence-electron chi connectivity index (χ1n) is 11.5. The van der Waals surface area contributed by atoms with E-state index in [-0.39, 0.29) is 18.3 Å². The predicted octanol–water partition coefficient (Wildman–Crippen LogP) is 6.64. The largest absolute Gasteiger partial charge is 0.316 e. The van der Waals surface area contributed by atoms with Gasteiger partial charge in [-0.05, 0) is 84.1 Å². The smallest absolute Gasteiger partial charge is 0.258 e. The van der Waals surface area contributed by atoms with Crippen LogP contribution in [-0.2, 0) is 6.42 Å². The van der Waals surface area contributed by atoms with Gasteiger partial charge in [0.1, 0.15) is 0 Å². The minimum absolute atomic E-state index is 0. The summed E-state index contributed by atoms with van der Waals surface area (Å²) in [6.07, 6.45) is 1.01. The number of amides is 1. The molecule has 5 rings (SSSR count). The van der Waals surface area contributed by atoms with E-state index in [1.807, 2.05) is 59.5 Å². The van der Waals surface area contributed by atoms with Gasteiger partial charge in [-0.2, -0.15) is 0 Å². The van der Waals surface area contributed by atoms with Gasteiger partial charge in [0.25, 0.3) is 5.91 Å². The molecule has 0 unspecified atom stereocenters. The molecule has 0 spiro atoms. The molecular weight excluding hydrogens is 463 g/mol. The van der Waals surface area contributed by atoms with Crippen LogP contribution in [0.25, 0.3) is 10.8 Å². The predicted molar refractivity (Wildman–Crippen MR) is 144 cm³/mol. The topological polar surface area (TPSA) is 32.3 Å². The molecule has 1 saturated heterocycles. The Bertz CT molecular complexity index is 1240. The van der Waals surface area contributed by atoms with Crippen molar-refractivity contribution in [3.63, 3.8) is 0 Å². The van der Waals surface area contributed by atoms with Crippen LogP contribution in [0.5, 0.6) is 0 Å². The van der Waals surface area contributed by atoms with Crippen LogP contribution in [0.2, 0.25) is 5.02 Å². The summed E-state index contributed by atoms with van der Waals surface area (Å²) in [7, 11) is 0. The van der Waals surface area contributed by atoms with Gasteiger partial charge in [-0.3, -0.25) is 4.79 Å². The Kier molecular flexibility index (Phi) is 7.89. The molecule has 0 saturated carbocycles. The Balaban J connectivity index is 0.00000274. The number of hydrogen-bond donors (Lipinski definition) is 1. The second kappa shape index (κ2) is 11.1. The molecule has 0 aliphatic carbocycles. The van der Waals surface area contributed by atoms with Gasteiger partial charge in [-0.15, -0.1) is 12.4 Å². The van der Waals surface area contributed by atoms with E-state index >= 15 is 0 Å². The van der Waals surface area contributed by atoms with Crippen molar-refractivity contribution in [2.24, 2.45) is 11.8 Å². The number of halogens is 2. The zero-order valence-electron chi connectivity index (χ0n) is 18.9. The summed E-state index contributed by atoms with van der Waals surface area (Å²) in [5.41, 5.74) is 2.92. The van der Waals surface area contributed by atoms with Crippen LogP contribution in [0, 0.1) is 11.8 Å². The molecule has 1 aliphatic rings. The standard InChI is InChI=1S/C29H27ClN2O.ClH/c30-27-12-14-28(15-13-27)32(29(33)24-11-10-22-8-4-5-9-23(22)17-24)20-26-19-31-18-25(26)16-21-6-2-1-3-7-21;/h1-15,17,25-26,31H,16,18-20H2;1H/t25-,26+;/m0./s1. The molecule has 5 heteroatoms. The Morgan fingerprint density at radius 2 is 1.50 bits per heavy atom. The van der Waals surface area contributed by atoms with E-state index in [9.17, 15) is 4.79 Å². The quantitative estimate of drug-likeness (QED) is 0.328. The molecule has 4 aromatic carbocycles. The van der Waals surface area contributed by atoms with Crippen molar-refractivity contribution in [2.45, 2.75) is 6.42 Å². The lowest BCUT2D eigenvalue weighted by Crippen LogP contribution is -2.38. The van der Waals surface area contributed by atoms with Crippen LogP contribution >= 0.6 is 24.0 Å². The minimum Gasteiger partial charge on any atom is -0.316 e. The fourth-order valence-corrected chi connectivity index (χ4v) is 4.92. The molecule has 3 nitrogen and oxygen atoms in total. The Morgan fingerprint density at radius 1 is 0.824 bits per heavy atom. The van der Waals surface area contributed by atoms with Crippen LogP contribution in [0.4, 0.5) is 5.69 Å². The average Bonchev–Trinajstić information content (AvgIpc) is 3.29. The zero-order chi connectivity index (χ0) is 22.6. The Hall–Kier alpha value is -2.85. The third-order valence-electron chi connectivity index (χ3n) is 6.62. The molecule has 0 aromatic heterocycles. The van der Waals surface area contributed by atoms with Gasteiger partial charge < -0.3 is 10.2 Å². The fraction of sp³-hybridized carbons (Fsp3) is 0.207. The van der Waals surface area contributed by atoms with Gasteiger partial charge in [0.2, 0.25) is 0 Å². The molecular formula is C29H28Cl2N2O. The molecule has 1 amide bonds. The number of hydrogen-bond acceptors (Lipinski definition) is 2. The van der Waals surface area contributed by atoms with Crippen molar-refractivity contribution in [3.8, 4) is 0 Å². The number of carbonyl (C=O) groups is 1.